The van der Waals surface area contributed by atoms with Crippen LogP contribution in [0.4, 0.5) is 37.7 Å². The van der Waals surface area contributed by atoms with E-state index < -0.39 is 30.1 Å². The molecule has 0 N–H and O–H groups in total. The first-order valence-electron chi connectivity index (χ1n) is 7.04. The van der Waals surface area contributed by atoms with E-state index in [0.29, 0.717) is 11.6 Å². The molecule has 2 rings (SSSR count). The predicted molar refractivity (Wildman–Crippen MR) is 81.3 cm³/mol. The Labute approximate surface area is 140 Å². The molecule has 0 aliphatic heterocycles. The van der Waals surface area contributed by atoms with E-state index in [2.05, 4.69) is 4.85 Å². The van der Waals surface area contributed by atoms with Crippen molar-refractivity contribution in [1.29, 1.82) is 0 Å². The molecule has 0 fully saturated rings. The lowest BCUT2D eigenvalue weighted by molar-refractivity contribution is -0.136. The van der Waals surface area contributed by atoms with E-state index in [1.807, 2.05) is 0 Å². The Hall–Kier alpha value is -2.69. The summed E-state index contributed by atoms with van der Waals surface area (Å²) in [7, 11) is 0. The lowest BCUT2D eigenvalue weighted by Gasteiger charge is -2.27. The first-order valence-corrected chi connectivity index (χ1v) is 7.04. The van der Waals surface area contributed by atoms with Gasteiger partial charge in [0.25, 0.3) is 0 Å². The number of hydrogen-bond donors (Lipinski definition) is 0. The maximum Gasteiger partial charge on any atom is 0.407 e. The Balaban J connectivity index is 2.45. The van der Waals surface area contributed by atoms with Crippen molar-refractivity contribution in [3.63, 3.8) is 0 Å². The van der Waals surface area contributed by atoms with Crippen molar-refractivity contribution in [2.45, 2.75) is 18.9 Å². The third-order valence-corrected chi connectivity index (χ3v) is 3.36. The molecule has 8 heteroatoms. The van der Waals surface area contributed by atoms with E-state index in [0.717, 1.165) is 17.0 Å². The van der Waals surface area contributed by atoms with Gasteiger partial charge in [0.05, 0.1) is 12.1 Å². The summed E-state index contributed by atoms with van der Waals surface area (Å²) in [4.78, 5) is 3.59. The average Bonchev–Trinajstić information content (AvgIpc) is 2.52. The van der Waals surface area contributed by atoms with Gasteiger partial charge in [0.2, 0.25) is 0 Å². The molecule has 25 heavy (non-hydrogen) atoms. The summed E-state index contributed by atoms with van der Waals surface area (Å²) < 4.78 is 77.8. The Bertz CT molecular complexity index is 759. The Morgan fingerprint density at radius 3 is 2.08 bits per heavy atom. The van der Waals surface area contributed by atoms with Crippen molar-refractivity contribution in [1.82, 2.24) is 0 Å². The predicted octanol–water partition coefficient (Wildman–Crippen LogP) is 5.83. The molecule has 0 radical (unpaired) electrons. The molecular weight excluding hydrogens is 346 g/mol. The van der Waals surface area contributed by atoms with Gasteiger partial charge in [-0.3, -0.25) is 0 Å². The highest BCUT2D eigenvalue weighted by molar-refractivity contribution is 5.62. The minimum atomic E-state index is -4.83. The lowest BCUT2D eigenvalue weighted by Crippen LogP contribution is -2.34. The fourth-order valence-corrected chi connectivity index (χ4v) is 2.30. The van der Waals surface area contributed by atoms with E-state index in [1.54, 1.807) is 30.3 Å². The fraction of sp³-hybridized carbons (Fsp3) is 0.235. The van der Waals surface area contributed by atoms with Gasteiger partial charge in [-0.25, -0.2) is 4.85 Å². The Morgan fingerprint density at radius 1 is 0.920 bits per heavy atom. The monoisotopic (exact) mass is 358 g/mol. The summed E-state index contributed by atoms with van der Waals surface area (Å²) in [5.41, 5.74) is -1.63. The topological polar surface area (TPSA) is 7.60 Å². The largest absolute Gasteiger partial charge is 0.407 e. The molecule has 0 bridgehead atoms. The van der Waals surface area contributed by atoms with Crippen molar-refractivity contribution in [2.24, 2.45) is 0 Å². The molecule has 0 aliphatic rings. The van der Waals surface area contributed by atoms with Gasteiger partial charge in [0.15, 0.2) is 5.69 Å². The van der Waals surface area contributed by atoms with Crippen LogP contribution in [0.25, 0.3) is 4.85 Å². The van der Waals surface area contributed by atoms with Crippen LogP contribution in [0.15, 0.2) is 48.5 Å². The number of hydrogen-bond acceptors (Lipinski definition) is 1. The summed E-state index contributed by atoms with van der Waals surface area (Å²) in [5, 5.41) is 0. The van der Waals surface area contributed by atoms with E-state index in [1.165, 1.54) is 0 Å². The summed E-state index contributed by atoms with van der Waals surface area (Å²) in [6, 6.07) is 10.7. The maximum absolute atomic E-state index is 13.1. The summed E-state index contributed by atoms with van der Waals surface area (Å²) in [5.74, 6) is 0. The molecule has 0 saturated heterocycles. The molecule has 132 valence electrons. The van der Waals surface area contributed by atoms with Crippen molar-refractivity contribution < 1.29 is 26.3 Å². The highest BCUT2D eigenvalue weighted by atomic mass is 19.4. The SMILES string of the molecule is [C-]#[N+]c1ccc(N(Cc2ccccc2)CC(F)(F)F)cc1C(F)(F)F. The minimum Gasteiger partial charge on any atom is -0.358 e. The second-order valence-corrected chi connectivity index (χ2v) is 5.27. The third kappa shape index (κ3) is 5.14. The van der Waals surface area contributed by atoms with E-state index >= 15 is 0 Å². The summed E-state index contributed by atoms with van der Waals surface area (Å²) >= 11 is 0. The average molecular weight is 358 g/mol. The molecule has 2 aromatic rings. The zero-order chi connectivity index (χ0) is 18.7. The van der Waals surface area contributed by atoms with Gasteiger partial charge < -0.3 is 4.90 Å². The second-order valence-electron chi connectivity index (χ2n) is 5.27. The highest BCUT2D eigenvalue weighted by Crippen LogP contribution is 2.39. The maximum atomic E-state index is 13.1. The van der Waals surface area contributed by atoms with Crippen molar-refractivity contribution in [3.05, 3.63) is 71.1 Å². The number of benzene rings is 2. The van der Waals surface area contributed by atoms with Gasteiger partial charge in [-0.1, -0.05) is 36.4 Å². The molecule has 0 saturated carbocycles. The van der Waals surface area contributed by atoms with Crippen molar-refractivity contribution in [3.8, 4) is 0 Å². The molecule has 0 spiro atoms. The van der Waals surface area contributed by atoms with Crippen LogP contribution in [0, 0.1) is 6.57 Å². The third-order valence-electron chi connectivity index (χ3n) is 3.36. The highest BCUT2D eigenvalue weighted by Gasteiger charge is 2.35. The molecule has 0 amide bonds. The van der Waals surface area contributed by atoms with Crippen LogP contribution in [0.1, 0.15) is 11.1 Å². The van der Waals surface area contributed by atoms with Crippen LogP contribution in [0.2, 0.25) is 0 Å². The van der Waals surface area contributed by atoms with Gasteiger partial charge in [-0.2, -0.15) is 26.3 Å². The number of alkyl halides is 6. The molecule has 0 atom stereocenters. The van der Waals surface area contributed by atoms with E-state index in [-0.39, 0.29) is 12.2 Å². The normalized spacial score (nSPS) is 11.9. The molecule has 0 aromatic heterocycles. The molecule has 2 nitrogen and oxygen atoms in total. The van der Waals surface area contributed by atoms with Crippen molar-refractivity contribution >= 4 is 11.4 Å². The van der Waals surface area contributed by atoms with Crippen LogP contribution in [0.5, 0.6) is 0 Å². The van der Waals surface area contributed by atoms with E-state index in [9.17, 15) is 26.3 Å². The number of nitrogens with zero attached hydrogens (tertiary/aromatic N) is 2. The quantitative estimate of drug-likeness (QED) is 0.493. The van der Waals surface area contributed by atoms with E-state index in [4.69, 9.17) is 6.57 Å². The number of halogens is 6. The van der Waals surface area contributed by atoms with Crippen LogP contribution >= 0.6 is 0 Å². The van der Waals surface area contributed by atoms with Gasteiger partial charge in [0.1, 0.15) is 6.54 Å². The van der Waals surface area contributed by atoms with Gasteiger partial charge in [0, 0.05) is 12.2 Å². The van der Waals surface area contributed by atoms with Gasteiger partial charge >= 0.3 is 12.4 Å². The van der Waals surface area contributed by atoms with Crippen LogP contribution in [-0.4, -0.2) is 12.7 Å². The first kappa shape index (κ1) is 18.6. The molecule has 0 aliphatic carbocycles. The standard InChI is InChI=1S/C17H12F6N2/c1-24-15-8-7-13(9-14(15)17(21,22)23)25(11-16(18,19)20)10-12-5-3-2-4-6-12/h2-9H,10-11H2. The molecule has 2 aromatic carbocycles. The van der Waals surface area contributed by atoms with Gasteiger partial charge in [-0.05, 0) is 17.7 Å². The van der Waals surface area contributed by atoms with Crippen LogP contribution in [-0.2, 0) is 12.7 Å². The number of rotatable bonds is 4. The minimum absolute atomic E-state index is 0.213. The zero-order valence-electron chi connectivity index (χ0n) is 12.7. The van der Waals surface area contributed by atoms with Crippen LogP contribution in [0.3, 0.4) is 0 Å². The second kappa shape index (κ2) is 7.05. The lowest BCUT2D eigenvalue weighted by atomic mass is 10.1. The Kier molecular flexibility index (Phi) is 5.26. The van der Waals surface area contributed by atoms with Crippen molar-refractivity contribution in [2.75, 3.05) is 11.4 Å². The summed E-state index contributed by atoms with van der Waals surface area (Å²) in [6.45, 7) is 5.18. The Morgan fingerprint density at radius 2 is 1.56 bits per heavy atom. The number of anilines is 1. The van der Waals surface area contributed by atoms with Gasteiger partial charge in [-0.15, -0.1) is 0 Å². The summed E-state index contributed by atoms with van der Waals surface area (Å²) in [6.07, 6.45) is -9.42. The first-order chi connectivity index (χ1) is 11.6. The van der Waals surface area contributed by atoms with Crippen LogP contribution < -0.4 is 4.90 Å². The molecular formula is C17H12F6N2. The fourth-order valence-electron chi connectivity index (χ4n) is 2.30. The molecule has 0 heterocycles. The molecule has 0 unspecified atom stereocenters. The zero-order valence-corrected chi connectivity index (χ0v) is 12.7. The smallest absolute Gasteiger partial charge is 0.358 e.